The Kier molecular flexibility index (Phi) is 4.25. The van der Waals surface area contributed by atoms with Gasteiger partial charge in [0.1, 0.15) is 13.2 Å². The fourth-order valence-corrected chi connectivity index (χ4v) is 2.60. The van der Waals surface area contributed by atoms with E-state index in [1.54, 1.807) is 26.0 Å². The molecule has 1 aliphatic rings. The van der Waals surface area contributed by atoms with Crippen molar-refractivity contribution in [2.24, 2.45) is 5.41 Å². The molecule has 1 aromatic carbocycles. The van der Waals surface area contributed by atoms with E-state index in [0.29, 0.717) is 34.7 Å². The molecule has 110 valence electrons. The molecule has 0 aromatic heterocycles. The first-order chi connectivity index (χ1) is 9.31. The summed E-state index contributed by atoms with van der Waals surface area (Å²) in [6.45, 7) is 4.13. The number of ether oxygens (including phenoxy) is 2. The van der Waals surface area contributed by atoms with Crippen LogP contribution in [0.25, 0.3) is 0 Å². The zero-order valence-corrected chi connectivity index (χ0v) is 12.9. The summed E-state index contributed by atoms with van der Waals surface area (Å²) in [5.74, 6) is 0.253. The number of halogens is 1. The quantitative estimate of drug-likeness (QED) is 0.878. The smallest absolute Gasteiger partial charge is 0.309 e. The van der Waals surface area contributed by atoms with Crippen LogP contribution in [0.1, 0.15) is 31.9 Å². The van der Waals surface area contributed by atoms with Crippen molar-refractivity contribution in [1.29, 1.82) is 0 Å². The molecule has 20 heavy (non-hydrogen) atoms. The largest absolute Gasteiger partial charge is 0.486 e. The predicted molar refractivity (Wildman–Crippen MR) is 76.1 cm³/mol. The summed E-state index contributed by atoms with van der Waals surface area (Å²) in [5.41, 5.74) is -0.407. The lowest BCUT2D eigenvalue weighted by Crippen LogP contribution is -2.26. The Balaban J connectivity index is 2.26. The molecular weight excluding hydrogens is 328 g/mol. The van der Waals surface area contributed by atoms with Crippen LogP contribution in [0.5, 0.6) is 11.5 Å². The second-order valence-electron chi connectivity index (χ2n) is 5.43. The Bertz CT molecular complexity index is 527. The van der Waals surface area contributed by atoms with Gasteiger partial charge < -0.3 is 19.7 Å². The topological polar surface area (TPSA) is 76.0 Å². The van der Waals surface area contributed by atoms with Gasteiger partial charge in [0.25, 0.3) is 0 Å². The number of aliphatic hydroxyl groups is 1. The lowest BCUT2D eigenvalue weighted by atomic mass is 9.85. The van der Waals surface area contributed by atoms with Gasteiger partial charge in [-0.25, -0.2) is 0 Å². The van der Waals surface area contributed by atoms with Gasteiger partial charge in [0.15, 0.2) is 11.5 Å². The maximum atomic E-state index is 11.1. The standard InChI is InChI=1S/C14H17BrO5/c1-14(2,13(17)18)7-10(16)8-5-11-12(6-9(8)15)20-4-3-19-11/h5-6,10,16H,3-4,7H2,1-2H3,(H,17,18). The Morgan fingerprint density at radius 2 is 1.90 bits per heavy atom. The van der Waals surface area contributed by atoms with E-state index in [1.807, 2.05) is 0 Å². The molecule has 1 unspecified atom stereocenters. The molecule has 0 aliphatic carbocycles. The molecule has 0 radical (unpaired) electrons. The van der Waals surface area contributed by atoms with Crippen molar-refractivity contribution in [3.8, 4) is 11.5 Å². The average molecular weight is 345 g/mol. The van der Waals surface area contributed by atoms with E-state index >= 15 is 0 Å². The van der Waals surface area contributed by atoms with E-state index in [0.717, 1.165) is 0 Å². The highest BCUT2D eigenvalue weighted by Gasteiger charge is 2.32. The van der Waals surface area contributed by atoms with Crippen LogP contribution in [-0.2, 0) is 4.79 Å². The first kappa shape index (κ1) is 15.1. The highest BCUT2D eigenvalue weighted by Crippen LogP contribution is 2.40. The van der Waals surface area contributed by atoms with Gasteiger partial charge in [-0.15, -0.1) is 0 Å². The van der Waals surface area contributed by atoms with Crippen LogP contribution in [0.15, 0.2) is 16.6 Å². The van der Waals surface area contributed by atoms with Gasteiger partial charge in [-0.1, -0.05) is 15.9 Å². The van der Waals surface area contributed by atoms with Gasteiger partial charge in [0, 0.05) is 4.47 Å². The zero-order chi connectivity index (χ0) is 14.9. The van der Waals surface area contributed by atoms with Crippen molar-refractivity contribution in [2.45, 2.75) is 26.4 Å². The highest BCUT2D eigenvalue weighted by atomic mass is 79.9. The molecule has 1 atom stereocenters. The molecule has 0 fully saturated rings. The monoisotopic (exact) mass is 344 g/mol. The highest BCUT2D eigenvalue weighted by molar-refractivity contribution is 9.10. The lowest BCUT2D eigenvalue weighted by molar-refractivity contribution is -0.148. The molecule has 6 heteroatoms. The molecule has 0 bridgehead atoms. The second-order valence-corrected chi connectivity index (χ2v) is 6.28. The van der Waals surface area contributed by atoms with Crippen molar-refractivity contribution in [3.63, 3.8) is 0 Å². The minimum absolute atomic E-state index is 0.112. The lowest BCUT2D eigenvalue weighted by Gasteiger charge is -2.25. The third-order valence-electron chi connectivity index (χ3n) is 3.30. The third kappa shape index (κ3) is 3.07. The molecule has 0 amide bonds. The van der Waals surface area contributed by atoms with Crippen molar-refractivity contribution < 1.29 is 24.5 Å². The van der Waals surface area contributed by atoms with Crippen LogP contribution in [0.4, 0.5) is 0 Å². The van der Waals surface area contributed by atoms with E-state index in [9.17, 15) is 9.90 Å². The van der Waals surface area contributed by atoms with Gasteiger partial charge in [-0.2, -0.15) is 0 Å². The van der Waals surface area contributed by atoms with Crippen molar-refractivity contribution in [1.82, 2.24) is 0 Å². The number of fused-ring (bicyclic) bond motifs is 1. The molecule has 2 rings (SSSR count). The van der Waals surface area contributed by atoms with Crippen molar-refractivity contribution in [3.05, 3.63) is 22.2 Å². The van der Waals surface area contributed by atoms with Crippen molar-refractivity contribution >= 4 is 21.9 Å². The molecule has 5 nitrogen and oxygen atoms in total. The SMILES string of the molecule is CC(C)(CC(O)c1cc2c(cc1Br)OCCO2)C(=O)O. The predicted octanol–water partition coefficient (Wildman–Crippen LogP) is 2.75. The number of hydrogen-bond acceptors (Lipinski definition) is 4. The summed E-state index contributed by atoms with van der Waals surface area (Å²) in [6.07, 6.45) is -0.785. The molecule has 0 saturated carbocycles. The van der Waals surface area contributed by atoms with Gasteiger partial charge in [-0.3, -0.25) is 4.79 Å². The maximum Gasteiger partial charge on any atom is 0.309 e. The summed E-state index contributed by atoms with van der Waals surface area (Å²) < 4.78 is 11.6. The minimum atomic E-state index is -1.01. The normalized spacial score (nSPS) is 15.8. The number of benzene rings is 1. The molecule has 0 spiro atoms. The summed E-state index contributed by atoms with van der Waals surface area (Å²) in [6, 6.07) is 3.43. The Morgan fingerprint density at radius 3 is 2.45 bits per heavy atom. The Hall–Kier alpha value is -1.27. The van der Waals surface area contributed by atoms with E-state index < -0.39 is 17.5 Å². The van der Waals surface area contributed by atoms with Gasteiger partial charge in [0.2, 0.25) is 0 Å². The van der Waals surface area contributed by atoms with Crippen LogP contribution in [0.3, 0.4) is 0 Å². The Labute approximate surface area is 125 Å². The summed E-state index contributed by atoms with van der Waals surface area (Å²) in [4.78, 5) is 11.1. The number of rotatable bonds is 4. The number of aliphatic hydroxyl groups excluding tert-OH is 1. The summed E-state index contributed by atoms with van der Waals surface area (Å²) in [5, 5.41) is 19.4. The van der Waals surface area contributed by atoms with Crippen LogP contribution < -0.4 is 9.47 Å². The molecule has 2 N–H and O–H groups in total. The van der Waals surface area contributed by atoms with E-state index in [1.165, 1.54) is 0 Å². The summed E-state index contributed by atoms with van der Waals surface area (Å²) in [7, 11) is 0. The fourth-order valence-electron chi connectivity index (χ4n) is 2.02. The third-order valence-corrected chi connectivity index (χ3v) is 3.99. The number of carbonyl (C=O) groups is 1. The molecule has 0 saturated heterocycles. The van der Waals surface area contributed by atoms with Crippen LogP contribution in [0, 0.1) is 5.41 Å². The van der Waals surface area contributed by atoms with Gasteiger partial charge in [0.05, 0.1) is 11.5 Å². The second kappa shape index (κ2) is 5.61. The van der Waals surface area contributed by atoms with E-state index in [4.69, 9.17) is 14.6 Å². The van der Waals surface area contributed by atoms with Crippen LogP contribution in [-0.4, -0.2) is 29.4 Å². The Morgan fingerprint density at radius 1 is 1.35 bits per heavy atom. The first-order valence-electron chi connectivity index (χ1n) is 6.32. The fraction of sp³-hybridized carbons (Fsp3) is 0.500. The van der Waals surface area contributed by atoms with Crippen LogP contribution in [0.2, 0.25) is 0 Å². The van der Waals surface area contributed by atoms with Crippen LogP contribution >= 0.6 is 15.9 Å². The van der Waals surface area contributed by atoms with Gasteiger partial charge in [-0.05, 0) is 38.0 Å². The molecular formula is C14H17BrO5. The minimum Gasteiger partial charge on any atom is -0.486 e. The zero-order valence-electron chi connectivity index (χ0n) is 11.4. The first-order valence-corrected chi connectivity index (χ1v) is 7.11. The average Bonchev–Trinajstić information content (AvgIpc) is 2.37. The molecule has 1 aliphatic heterocycles. The van der Waals surface area contributed by atoms with E-state index in [-0.39, 0.29) is 6.42 Å². The van der Waals surface area contributed by atoms with Crippen molar-refractivity contribution in [2.75, 3.05) is 13.2 Å². The van der Waals surface area contributed by atoms with Gasteiger partial charge >= 0.3 is 5.97 Å². The number of hydrogen-bond donors (Lipinski definition) is 2. The maximum absolute atomic E-state index is 11.1. The van der Waals surface area contributed by atoms with E-state index in [2.05, 4.69) is 15.9 Å². The molecule has 1 aromatic rings. The number of aliphatic carboxylic acids is 1. The number of carboxylic acid groups (broad SMARTS) is 1. The number of carboxylic acids is 1. The molecule has 1 heterocycles. The summed E-state index contributed by atoms with van der Waals surface area (Å²) >= 11 is 3.38.